The molecule has 0 radical (unpaired) electrons. The summed E-state index contributed by atoms with van der Waals surface area (Å²) < 4.78 is 0. The topological polar surface area (TPSA) is 0 Å². The Balaban J connectivity index is 2.23. The van der Waals surface area contributed by atoms with Gasteiger partial charge in [0, 0.05) is 0 Å². The van der Waals surface area contributed by atoms with Gasteiger partial charge >= 0.3 is 0 Å². The van der Waals surface area contributed by atoms with E-state index in [1.54, 1.807) is 0 Å². The van der Waals surface area contributed by atoms with Gasteiger partial charge in [-0.2, -0.15) is 0 Å². The Morgan fingerprint density at radius 1 is 1.12 bits per heavy atom. The molecule has 6 unspecified atom stereocenters. The fourth-order valence-corrected chi connectivity index (χ4v) is 4.96. The van der Waals surface area contributed by atoms with E-state index in [4.69, 9.17) is 0 Å². The van der Waals surface area contributed by atoms with Crippen LogP contribution >= 0.6 is 0 Å². The molecule has 0 aliphatic heterocycles. The van der Waals surface area contributed by atoms with Crippen LogP contribution in [-0.4, -0.2) is 0 Å². The Morgan fingerprint density at radius 3 is 2.24 bits per heavy atom. The second-order valence-electron chi connectivity index (χ2n) is 8.08. The van der Waals surface area contributed by atoms with E-state index in [9.17, 15) is 0 Å². The lowest BCUT2D eigenvalue weighted by atomic mass is 9.59. The normalized spacial score (nSPS) is 47.1. The largest absolute Gasteiger partial charge is 0.0651 e. The standard InChI is InChI=1S/C17H32/c1-8-11(2)12(3)14-15-13(4)17(15,7)10-9-16(14,5)6/h11-15H,8-10H2,1-7H3. The highest BCUT2D eigenvalue weighted by molar-refractivity contribution is 5.14. The fraction of sp³-hybridized carbons (Fsp3) is 1.00. The summed E-state index contributed by atoms with van der Waals surface area (Å²) in [7, 11) is 0. The molecule has 0 heteroatoms. The van der Waals surface area contributed by atoms with E-state index in [1.165, 1.54) is 19.3 Å². The van der Waals surface area contributed by atoms with Crippen LogP contribution in [-0.2, 0) is 0 Å². The second kappa shape index (κ2) is 4.00. The maximum Gasteiger partial charge on any atom is -0.0263 e. The first-order chi connectivity index (χ1) is 7.75. The molecule has 0 nitrogen and oxygen atoms in total. The van der Waals surface area contributed by atoms with E-state index < -0.39 is 0 Å². The highest BCUT2D eigenvalue weighted by atomic mass is 14.7. The van der Waals surface area contributed by atoms with Gasteiger partial charge in [-0.05, 0) is 53.3 Å². The van der Waals surface area contributed by atoms with Crippen molar-refractivity contribution in [2.45, 2.75) is 67.7 Å². The molecular weight excluding hydrogens is 204 g/mol. The van der Waals surface area contributed by atoms with Gasteiger partial charge in [-0.25, -0.2) is 0 Å². The maximum absolute atomic E-state index is 2.55. The Hall–Kier alpha value is 0. The molecule has 0 bridgehead atoms. The smallest absolute Gasteiger partial charge is 0.0263 e. The molecule has 0 amide bonds. The van der Waals surface area contributed by atoms with E-state index in [1.807, 2.05) is 0 Å². The summed E-state index contributed by atoms with van der Waals surface area (Å²) in [6, 6.07) is 0. The van der Waals surface area contributed by atoms with Crippen LogP contribution in [0.15, 0.2) is 0 Å². The Bertz CT molecular complexity index is 290. The third-order valence-corrected chi connectivity index (χ3v) is 6.94. The van der Waals surface area contributed by atoms with Gasteiger partial charge in [0.05, 0.1) is 0 Å². The van der Waals surface area contributed by atoms with Crippen LogP contribution < -0.4 is 0 Å². The van der Waals surface area contributed by atoms with Crippen molar-refractivity contribution >= 4 is 0 Å². The third-order valence-electron chi connectivity index (χ3n) is 6.94. The van der Waals surface area contributed by atoms with Crippen LogP contribution in [0, 0.1) is 40.4 Å². The van der Waals surface area contributed by atoms with Crippen molar-refractivity contribution in [1.29, 1.82) is 0 Å². The molecule has 0 heterocycles. The molecule has 0 aromatic carbocycles. The zero-order chi connectivity index (χ0) is 13.0. The molecule has 100 valence electrons. The zero-order valence-electron chi connectivity index (χ0n) is 13.0. The van der Waals surface area contributed by atoms with Gasteiger partial charge < -0.3 is 0 Å². The Kier molecular flexibility index (Phi) is 3.16. The minimum atomic E-state index is 0.567. The number of hydrogen-bond acceptors (Lipinski definition) is 0. The Labute approximate surface area is 109 Å². The van der Waals surface area contributed by atoms with Gasteiger partial charge in [-0.15, -0.1) is 0 Å². The van der Waals surface area contributed by atoms with E-state index in [2.05, 4.69) is 48.5 Å². The van der Waals surface area contributed by atoms with Crippen LogP contribution in [0.4, 0.5) is 0 Å². The lowest BCUT2D eigenvalue weighted by Crippen LogP contribution is -2.38. The van der Waals surface area contributed by atoms with Gasteiger partial charge in [-0.1, -0.05) is 54.9 Å². The molecule has 2 fully saturated rings. The molecule has 2 aliphatic carbocycles. The van der Waals surface area contributed by atoms with Crippen molar-refractivity contribution in [2.75, 3.05) is 0 Å². The second-order valence-corrected chi connectivity index (χ2v) is 8.08. The molecule has 0 aromatic rings. The Morgan fingerprint density at radius 2 is 1.71 bits per heavy atom. The van der Waals surface area contributed by atoms with E-state index in [0.29, 0.717) is 10.8 Å². The molecule has 2 aliphatic rings. The zero-order valence-corrected chi connectivity index (χ0v) is 13.0. The quantitative estimate of drug-likeness (QED) is 0.617. The third kappa shape index (κ3) is 1.87. The first-order valence-electron chi connectivity index (χ1n) is 7.75. The molecule has 0 aromatic heterocycles. The minimum absolute atomic E-state index is 0.567. The fourth-order valence-electron chi connectivity index (χ4n) is 4.96. The lowest BCUT2D eigenvalue weighted by molar-refractivity contribution is 0.0323. The predicted octanol–water partition coefficient (Wildman–Crippen LogP) is 5.38. The first-order valence-corrected chi connectivity index (χ1v) is 7.75. The van der Waals surface area contributed by atoms with E-state index in [0.717, 1.165) is 29.6 Å². The van der Waals surface area contributed by atoms with Crippen molar-refractivity contribution in [3.63, 3.8) is 0 Å². The lowest BCUT2D eigenvalue weighted by Gasteiger charge is -2.46. The first kappa shape index (κ1) is 13.4. The van der Waals surface area contributed by atoms with Crippen LogP contribution in [0.5, 0.6) is 0 Å². The predicted molar refractivity (Wildman–Crippen MR) is 75.9 cm³/mol. The summed E-state index contributed by atoms with van der Waals surface area (Å²) in [5, 5.41) is 0. The highest BCUT2D eigenvalue weighted by Gasteiger charge is 2.66. The van der Waals surface area contributed by atoms with Crippen LogP contribution in [0.2, 0.25) is 0 Å². The summed E-state index contributed by atoms with van der Waals surface area (Å²) in [4.78, 5) is 0. The molecule has 0 saturated heterocycles. The summed E-state index contributed by atoms with van der Waals surface area (Å²) >= 11 is 0. The van der Waals surface area contributed by atoms with Gasteiger partial charge in [0.1, 0.15) is 0 Å². The molecule has 0 N–H and O–H groups in total. The van der Waals surface area contributed by atoms with E-state index >= 15 is 0 Å². The molecule has 17 heavy (non-hydrogen) atoms. The van der Waals surface area contributed by atoms with Crippen LogP contribution in [0.1, 0.15) is 67.7 Å². The van der Waals surface area contributed by atoms with Crippen molar-refractivity contribution in [2.24, 2.45) is 40.4 Å². The van der Waals surface area contributed by atoms with Gasteiger partial charge in [0.25, 0.3) is 0 Å². The SMILES string of the molecule is CCC(C)C(C)C1C2C(C)C2(C)CCC1(C)C. The van der Waals surface area contributed by atoms with Crippen molar-refractivity contribution in [1.82, 2.24) is 0 Å². The minimum Gasteiger partial charge on any atom is -0.0651 e. The highest BCUT2D eigenvalue weighted by Crippen LogP contribution is 2.73. The average Bonchev–Trinajstić information content (AvgIpc) is 2.80. The monoisotopic (exact) mass is 236 g/mol. The number of hydrogen-bond donors (Lipinski definition) is 0. The van der Waals surface area contributed by atoms with Crippen LogP contribution in [0.3, 0.4) is 0 Å². The summed E-state index contributed by atoms with van der Waals surface area (Å²) in [6.45, 7) is 17.4. The average molecular weight is 236 g/mol. The molecular formula is C17H32. The summed E-state index contributed by atoms with van der Waals surface area (Å²) in [6.07, 6.45) is 4.25. The van der Waals surface area contributed by atoms with Gasteiger partial charge in [0.15, 0.2) is 0 Å². The van der Waals surface area contributed by atoms with Crippen molar-refractivity contribution < 1.29 is 0 Å². The molecule has 2 rings (SSSR count). The molecule has 0 spiro atoms. The summed E-state index contributed by atoms with van der Waals surface area (Å²) in [5.74, 6) is 4.71. The summed E-state index contributed by atoms with van der Waals surface area (Å²) in [5.41, 5.74) is 1.26. The van der Waals surface area contributed by atoms with E-state index in [-0.39, 0.29) is 0 Å². The maximum atomic E-state index is 2.55. The van der Waals surface area contributed by atoms with Crippen molar-refractivity contribution in [3.8, 4) is 0 Å². The van der Waals surface area contributed by atoms with Crippen molar-refractivity contribution in [3.05, 3.63) is 0 Å². The van der Waals surface area contributed by atoms with Gasteiger partial charge in [0.2, 0.25) is 0 Å². The van der Waals surface area contributed by atoms with Gasteiger partial charge in [-0.3, -0.25) is 0 Å². The molecule has 2 saturated carbocycles. The van der Waals surface area contributed by atoms with Crippen LogP contribution in [0.25, 0.3) is 0 Å². The number of fused-ring (bicyclic) bond motifs is 1. The number of rotatable bonds is 3. The molecule has 6 atom stereocenters.